The zero-order valence-electron chi connectivity index (χ0n) is 8.79. The number of halogens is 1. The SMILES string of the molecule is Brc1c[nH]c2cccc(C3CNCCO3)c12. The van der Waals surface area contributed by atoms with Crippen LogP contribution < -0.4 is 5.32 Å². The Hall–Kier alpha value is -0.840. The van der Waals surface area contributed by atoms with Gasteiger partial charge in [0.2, 0.25) is 0 Å². The number of hydrogen-bond donors (Lipinski definition) is 2. The van der Waals surface area contributed by atoms with Crippen molar-refractivity contribution in [2.75, 3.05) is 19.7 Å². The Bertz CT molecular complexity index is 503. The number of rotatable bonds is 1. The van der Waals surface area contributed by atoms with Crippen molar-refractivity contribution in [3.63, 3.8) is 0 Å². The highest BCUT2D eigenvalue weighted by Gasteiger charge is 2.19. The van der Waals surface area contributed by atoms with E-state index >= 15 is 0 Å². The molecular formula is C12H13BrN2O. The van der Waals surface area contributed by atoms with Crippen molar-refractivity contribution in [2.24, 2.45) is 0 Å². The monoisotopic (exact) mass is 280 g/mol. The quantitative estimate of drug-likeness (QED) is 0.843. The highest BCUT2D eigenvalue weighted by atomic mass is 79.9. The molecule has 16 heavy (non-hydrogen) atoms. The lowest BCUT2D eigenvalue weighted by molar-refractivity contribution is 0.0286. The summed E-state index contributed by atoms with van der Waals surface area (Å²) in [5.41, 5.74) is 2.40. The van der Waals surface area contributed by atoms with Crippen molar-refractivity contribution in [2.45, 2.75) is 6.10 Å². The fraction of sp³-hybridized carbons (Fsp3) is 0.333. The molecule has 4 heteroatoms. The summed E-state index contributed by atoms with van der Waals surface area (Å²) >= 11 is 3.58. The predicted molar refractivity (Wildman–Crippen MR) is 67.6 cm³/mol. The summed E-state index contributed by atoms with van der Waals surface area (Å²) in [6, 6.07) is 6.29. The zero-order chi connectivity index (χ0) is 11.0. The van der Waals surface area contributed by atoms with E-state index in [1.807, 2.05) is 6.20 Å². The number of fused-ring (bicyclic) bond motifs is 1. The topological polar surface area (TPSA) is 37.0 Å². The first kappa shape index (κ1) is 10.3. The first-order valence-electron chi connectivity index (χ1n) is 5.44. The Morgan fingerprint density at radius 1 is 1.38 bits per heavy atom. The summed E-state index contributed by atoms with van der Waals surface area (Å²) in [5, 5.41) is 4.59. The lowest BCUT2D eigenvalue weighted by atomic mass is 10.0. The third-order valence-corrected chi connectivity index (χ3v) is 3.59. The minimum atomic E-state index is 0.157. The number of benzene rings is 1. The maximum Gasteiger partial charge on any atom is 0.0956 e. The van der Waals surface area contributed by atoms with Crippen LogP contribution in [-0.4, -0.2) is 24.7 Å². The number of hydrogen-bond acceptors (Lipinski definition) is 2. The van der Waals surface area contributed by atoms with Gasteiger partial charge in [0.25, 0.3) is 0 Å². The van der Waals surface area contributed by atoms with Gasteiger partial charge in [0.05, 0.1) is 12.7 Å². The minimum absolute atomic E-state index is 0.157. The zero-order valence-corrected chi connectivity index (χ0v) is 10.4. The molecule has 1 aliphatic rings. The molecule has 0 amide bonds. The van der Waals surface area contributed by atoms with E-state index < -0.39 is 0 Å². The lowest BCUT2D eigenvalue weighted by Crippen LogP contribution is -2.33. The molecule has 1 aromatic carbocycles. The Balaban J connectivity index is 2.10. The van der Waals surface area contributed by atoms with Gasteiger partial charge in [-0.1, -0.05) is 12.1 Å². The standard InChI is InChI=1S/C12H13BrN2O/c13-9-6-15-10-3-1-2-8(12(9)10)11-7-14-4-5-16-11/h1-3,6,11,14-15H,4-5,7H2. The second-order valence-electron chi connectivity index (χ2n) is 3.97. The number of ether oxygens (including phenoxy) is 1. The van der Waals surface area contributed by atoms with E-state index in [2.05, 4.69) is 44.4 Å². The Labute approximate surface area is 102 Å². The van der Waals surface area contributed by atoms with Crippen molar-refractivity contribution in [3.8, 4) is 0 Å². The van der Waals surface area contributed by atoms with E-state index in [9.17, 15) is 0 Å². The van der Waals surface area contributed by atoms with E-state index in [-0.39, 0.29) is 6.10 Å². The number of nitrogens with one attached hydrogen (secondary N) is 2. The largest absolute Gasteiger partial charge is 0.371 e. The van der Waals surface area contributed by atoms with Gasteiger partial charge in [0.15, 0.2) is 0 Å². The maximum absolute atomic E-state index is 5.80. The molecule has 1 aromatic heterocycles. The van der Waals surface area contributed by atoms with Crippen LogP contribution in [0.3, 0.4) is 0 Å². The van der Waals surface area contributed by atoms with Crippen molar-refractivity contribution in [3.05, 3.63) is 34.4 Å². The van der Waals surface area contributed by atoms with Crippen LogP contribution in [0.4, 0.5) is 0 Å². The van der Waals surface area contributed by atoms with E-state index in [0.717, 1.165) is 29.7 Å². The van der Waals surface area contributed by atoms with Crippen molar-refractivity contribution in [1.29, 1.82) is 0 Å². The average molecular weight is 281 g/mol. The summed E-state index contributed by atoms with van der Waals surface area (Å²) in [5.74, 6) is 0. The normalized spacial score (nSPS) is 21.4. The van der Waals surface area contributed by atoms with Crippen LogP contribution in [0.2, 0.25) is 0 Å². The smallest absolute Gasteiger partial charge is 0.0956 e. The second kappa shape index (κ2) is 4.20. The minimum Gasteiger partial charge on any atom is -0.371 e. The van der Waals surface area contributed by atoms with Gasteiger partial charge in [-0.15, -0.1) is 0 Å². The number of aromatic amines is 1. The van der Waals surface area contributed by atoms with Crippen molar-refractivity contribution >= 4 is 26.8 Å². The van der Waals surface area contributed by atoms with Crippen LogP contribution in [0.5, 0.6) is 0 Å². The van der Waals surface area contributed by atoms with Gasteiger partial charge >= 0.3 is 0 Å². The Morgan fingerprint density at radius 2 is 2.31 bits per heavy atom. The van der Waals surface area contributed by atoms with Crippen molar-refractivity contribution < 1.29 is 4.74 Å². The highest BCUT2D eigenvalue weighted by molar-refractivity contribution is 9.10. The average Bonchev–Trinajstić information content (AvgIpc) is 2.73. The Kier molecular flexibility index (Phi) is 2.71. The van der Waals surface area contributed by atoms with Crippen LogP contribution in [-0.2, 0) is 4.74 Å². The molecule has 0 saturated carbocycles. The predicted octanol–water partition coefficient (Wildman–Crippen LogP) is 2.59. The molecule has 1 fully saturated rings. The fourth-order valence-corrected chi connectivity index (χ4v) is 2.76. The number of morpholine rings is 1. The molecule has 3 rings (SSSR count). The number of aromatic nitrogens is 1. The molecule has 2 aromatic rings. The van der Waals surface area contributed by atoms with Crippen LogP contribution in [0.1, 0.15) is 11.7 Å². The molecule has 2 heterocycles. The number of H-pyrrole nitrogens is 1. The van der Waals surface area contributed by atoms with Crippen LogP contribution in [0.25, 0.3) is 10.9 Å². The molecular weight excluding hydrogens is 268 g/mol. The van der Waals surface area contributed by atoms with E-state index in [0.29, 0.717) is 0 Å². The molecule has 1 saturated heterocycles. The summed E-state index contributed by atoms with van der Waals surface area (Å²) in [7, 11) is 0. The summed E-state index contributed by atoms with van der Waals surface area (Å²) in [4.78, 5) is 3.24. The molecule has 84 valence electrons. The van der Waals surface area contributed by atoms with Gasteiger partial charge in [-0.2, -0.15) is 0 Å². The van der Waals surface area contributed by atoms with Gasteiger partial charge in [-0.05, 0) is 27.6 Å². The highest BCUT2D eigenvalue weighted by Crippen LogP contribution is 2.32. The van der Waals surface area contributed by atoms with Gasteiger partial charge in [-0.25, -0.2) is 0 Å². The maximum atomic E-state index is 5.80. The molecule has 0 aliphatic carbocycles. The van der Waals surface area contributed by atoms with E-state index in [1.54, 1.807) is 0 Å². The van der Waals surface area contributed by atoms with Crippen molar-refractivity contribution in [1.82, 2.24) is 10.3 Å². The fourth-order valence-electron chi connectivity index (χ4n) is 2.20. The van der Waals surface area contributed by atoms with Gasteiger partial charge in [0, 0.05) is 34.7 Å². The van der Waals surface area contributed by atoms with Gasteiger partial charge in [0.1, 0.15) is 0 Å². The lowest BCUT2D eigenvalue weighted by Gasteiger charge is -2.24. The molecule has 0 spiro atoms. The summed E-state index contributed by atoms with van der Waals surface area (Å²) < 4.78 is 6.90. The van der Waals surface area contributed by atoms with Gasteiger partial charge < -0.3 is 15.0 Å². The summed E-state index contributed by atoms with van der Waals surface area (Å²) in [6.07, 6.45) is 2.13. The van der Waals surface area contributed by atoms with Crippen LogP contribution >= 0.6 is 15.9 Å². The molecule has 3 nitrogen and oxygen atoms in total. The van der Waals surface area contributed by atoms with Gasteiger partial charge in [-0.3, -0.25) is 0 Å². The molecule has 1 aliphatic heterocycles. The third-order valence-electron chi connectivity index (χ3n) is 2.96. The molecule has 2 N–H and O–H groups in total. The van der Waals surface area contributed by atoms with Crippen LogP contribution in [0, 0.1) is 0 Å². The first-order chi connectivity index (χ1) is 7.86. The van der Waals surface area contributed by atoms with E-state index in [4.69, 9.17) is 4.74 Å². The summed E-state index contributed by atoms with van der Waals surface area (Å²) in [6.45, 7) is 2.61. The first-order valence-corrected chi connectivity index (χ1v) is 6.23. The van der Waals surface area contributed by atoms with E-state index in [1.165, 1.54) is 10.9 Å². The Morgan fingerprint density at radius 3 is 3.12 bits per heavy atom. The third kappa shape index (κ3) is 1.67. The molecule has 1 unspecified atom stereocenters. The van der Waals surface area contributed by atoms with Crippen LogP contribution in [0.15, 0.2) is 28.9 Å². The molecule has 0 radical (unpaired) electrons. The molecule has 0 bridgehead atoms. The second-order valence-corrected chi connectivity index (χ2v) is 4.82. The molecule has 1 atom stereocenters.